The molecule has 124 valence electrons. The standard InChI is InChI=1S/C18H24FN3O/c1-14-20-10-17(21-14)11-22-8-2-7-18(12-22,13-23)9-15-3-5-16(19)6-4-15/h3-6,10,23H,2,7-9,11-13H2,1H3,(H,20,21). The van der Waals surface area contributed by atoms with Gasteiger partial charge in [0.05, 0.1) is 6.61 Å². The van der Waals surface area contributed by atoms with Crippen LogP contribution >= 0.6 is 0 Å². The van der Waals surface area contributed by atoms with Gasteiger partial charge >= 0.3 is 0 Å². The molecule has 1 aliphatic heterocycles. The number of likely N-dealkylation sites (tertiary alicyclic amines) is 1. The molecule has 0 radical (unpaired) electrons. The highest BCUT2D eigenvalue weighted by Crippen LogP contribution is 2.34. The van der Waals surface area contributed by atoms with Crippen LogP contribution in [0, 0.1) is 18.2 Å². The summed E-state index contributed by atoms with van der Waals surface area (Å²) >= 11 is 0. The van der Waals surface area contributed by atoms with Gasteiger partial charge < -0.3 is 10.1 Å². The Kier molecular flexibility index (Phi) is 4.78. The number of aromatic nitrogens is 2. The molecule has 0 bridgehead atoms. The highest BCUT2D eigenvalue weighted by molar-refractivity contribution is 5.18. The molecule has 3 rings (SSSR count). The first-order valence-electron chi connectivity index (χ1n) is 8.17. The second kappa shape index (κ2) is 6.81. The van der Waals surface area contributed by atoms with E-state index in [1.807, 2.05) is 25.3 Å². The van der Waals surface area contributed by atoms with Gasteiger partial charge in [0.25, 0.3) is 0 Å². The van der Waals surface area contributed by atoms with Crippen molar-refractivity contribution >= 4 is 0 Å². The highest BCUT2D eigenvalue weighted by atomic mass is 19.1. The Hall–Kier alpha value is -1.72. The number of benzene rings is 1. The van der Waals surface area contributed by atoms with Gasteiger partial charge in [0.2, 0.25) is 0 Å². The average molecular weight is 317 g/mol. The lowest BCUT2D eigenvalue weighted by Crippen LogP contribution is -2.46. The van der Waals surface area contributed by atoms with Gasteiger partial charge in [-0.3, -0.25) is 4.90 Å². The van der Waals surface area contributed by atoms with Crippen LogP contribution < -0.4 is 0 Å². The Morgan fingerprint density at radius 2 is 2.13 bits per heavy atom. The van der Waals surface area contributed by atoms with E-state index in [1.54, 1.807) is 0 Å². The minimum Gasteiger partial charge on any atom is -0.396 e. The molecule has 0 aliphatic carbocycles. The molecular formula is C18H24FN3O. The second-order valence-corrected chi connectivity index (χ2v) is 6.77. The predicted molar refractivity (Wildman–Crippen MR) is 87.5 cm³/mol. The molecule has 2 aromatic rings. The van der Waals surface area contributed by atoms with Crippen LogP contribution in [0.25, 0.3) is 0 Å². The molecule has 0 amide bonds. The molecular weight excluding hydrogens is 293 g/mol. The number of aromatic amines is 1. The highest BCUT2D eigenvalue weighted by Gasteiger charge is 2.35. The Morgan fingerprint density at radius 3 is 2.78 bits per heavy atom. The number of nitrogens with one attached hydrogen (secondary N) is 1. The van der Waals surface area contributed by atoms with E-state index in [1.165, 1.54) is 12.1 Å². The third-order valence-corrected chi connectivity index (χ3v) is 4.72. The number of hydrogen-bond donors (Lipinski definition) is 2. The SMILES string of the molecule is Cc1ncc(CN2CCCC(CO)(Cc3ccc(F)cc3)C2)[nH]1. The van der Waals surface area contributed by atoms with Gasteiger partial charge in [-0.05, 0) is 50.4 Å². The number of hydrogen-bond acceptors (Lipinski definition) is 3. The van der Waals surface area contributed by atoms with E-state index in [4.69, 9.17) is 0 Å². The quantitative estimate of drug-likeness (QED) is 0.891. The fraction of sp³-hybridized carbons (Fsp3) is 0.500. The minimum atomic E-state index is -0.216. The molecule has 0 saturated carbocycles. The van der Waals surface area contributed by atoms with Crippen LogP contribution in [-0.2, 0) is 13.0 Å². The third kappa shape index (κ3) is 3.98. The molecule has 1 unspecified atom stereocenters. The zero-order valence-corrected chi connectivity index (χ0v) is 13.6. The molecule has 1 aliphatic rings. The second-order valence-electron chi connectivity index (χ2n) is 6.77. The predicted octanol–water partition coefficient (Wildman–Crippen LogP) is 2.67. The summed E-state index contributed by atoms with van der Waals surface area (Å²) in [4.78, 5) is 9.89. The molecule has 1 aromatic carbocycles. The maximum absolute atomic E-state index is 13.1. The van der Waals surface area contributed by atoms with Gasteiger partial charge in [-0.1, -0.05) is 12.1 Å². The van der Waals surface area contributed by atoms with E-state index in [9.17, 15) is 9.50 Å². The summed E-state index contributed by atoms with van der Waals surface area (Å²) in [5, 5.41) is 10.0. The average Bonchev–Trinajstić information content (AvgIpc) is 2.95. The summed E-state index contributed by atoms with van der Waals surface area (Å²) in [6, 6.07) is 6.64. The Morgan fingerprint density at radius 1 is 1.35 bits per heavy atom. The molecule has 4 nitrogen and oxygen atoms in total. The van der Waals surface area contributed by atoms with Crippen molar-refractivity contribution in [2.75, 3.05) is 19.7 Å². The largest absolute Gasteiger partial charge is 0.396 e. The number of H-pyrrole nitrogens is 1. The molecule has 1 saturated heterocycles. The van der Waals surface area contributed by atoms with Crippen LogP contribution in [0.15, 0.2) is 30.5 Å². The summed E-state index contributed by atoms with van der Waals surface area (Å²) in [6.45, 7) is 4.81. The zero-order valence-electron chi connectivity index (χ0n) is 13.6. The smallest absolute Gasteiger partial charge is 0.123 e. The number of nitrogens with zero attached hydrogens (tertiary/aromatic N) is 2. The topological polar surface area (TPSA) is 52.1 Å². The first-order valence-corrected chi connectivity index (χ1v) is 8.17. The molecule has 1 fully saturated rings. The molecule has 5 heteroatoms. The number of piperidine rings is 1. The number of imidazole rings is 1. The lowest BCUT2D eigenvalue weighted by Gasteiger charge is -2.42. The first-order chi connectivity index (χ1) is 11.1. The first kappa shape index (κ1) is 16.1. The van der Waals surface area contributed by atoms with E-state index in [0.717, 1.165) is 56.0 Å². The van der Waals surface area contributed by atoms with Crippen molar-refractivity contribution in [1.82, 2.24) is 14.9 Å². The molecule has 1 atom stereocenters. The van der Waals surface area contributed by atoms with Gasteiger partial charge in [-0.15, -0.1) is 0 Å². The van der Waals surface area contributed by atoms with Gasteiger partial charge in [0.1, 0.15) is 11.6 Å². The van der Waals surface area contributed by atoms with Gasteiger partial charge in [0.15, 0.2) is 0 Å². The van der Waals surface area contributed by atoms with E-state index in [2.05, 4.69) is 14.9 Å². The Balaban J connectivity index is 1.69. The summed E-state index contributed by atoms with van der Waals surface area (Å²) in [6.07, 6.45) is 4.72. The van der Waals surface area contributed by atoms with Crippen LogP contribution in [0.4, 0.5) is 4.39 Å². The monoisotopic (exact) mass is 317 g/mol. The summed E-state index contributed by atoms with van der Waals surface area (Å²) in [5.74, 6) is 0.712. The van der Waals surface area contributed by atoms with Crippen LogP contribution in [-0.4, -0.2) is 39.7 Å². The van der Waals surface area contributed by atoms with E-state index < -0.39 is 0 Å². The van der Waals surface area contributed by atoms with Crippen molar-refractivity contribution in [3.8, 4) is 0 Å². The lowest BCUT2D eigenvalue weighted by molar-refractivity contribution is 0.0284. The van der Waals surface area contributed by atoms with Crippen molar-refractivity contribution in [1.29, 1.82) is 0 Å². The van der Waals surface area contributed by atoms with Crippen molar-refractivity contribution in [2.45, 2.75) is 32.7 Å². The zero-order chi connectivity index (χ0) is 16.3. The molecule has 1 aromatic heterocycles. The molecule has 0 spiro atoms. The van der Waals surface area contributed by atoms with Crippen LogP contribution in [0.2, 0.25) is 0 Å². The van der Waals surface area contributed by atoms with E-state index >= 15 is 0 Å². The number of aliphatic hydroxyl groups excluding tert-OH is 1. The number of rotatable bonds is 5. The maximum Gasteiger partial charge on any atom is 0.123 e. The van der Waals surface area contributed by atoms with Crippen molar-refractivity contribution in [2.24, 2.45) is 5.41 Å². The van der Waals surface area contributed by atoms with Crippen molar-refractivity contribution in [3.05, 3.63) is 53.4 Å². The fourth-order valence-electron chi connectivity index (χ4n) is 3.60. The van der Waals surface area contributed by atoms with Gasteiger partial charge in [0, 0.05) is 30.4 Å². The molecule has 2 heterocycles. The van der Waals surface area contributed by atoms with E-state index in [-0.39, 0.29) is 17.8 Å². The number of halogens is 1. The van der Waals surface area contributed by atoms with Gasteiger partial charge in [-0.2, -0.15) is 0 Å². The number of aryl methyl sites for hydroxylation is 1. The van der Waals surface area contributed by atoms with Crippen LogP contribution in [0.5, 0.6) is 0 Å². The normalized spacial score (nSPS) is 22.4. The molecule has 2 N–H and O–H groups in total. The maximum atomic E-state index is 13.1. The van der Waals surface area contributed by atoms with Crippen molar-refractivity contribution in [3.63, 3.8) is 0 Å². The minimum absolute atomic E-state index is 0.148. The van der Waals surface area contributed by atoms with Gasteiger partial charge in [-0.25, -0.2) is 9.37 Å². The van der Waals surface area contributed by atoms with E-state index in [0.29, 0.717) is 0 Å². The molecule has 23 heavy (non-hydrogen) atoms. The Bertz CT molecular complexity index is 640. The summed E-state index contributed by atoms with van der Waals surface area (Å²) in [7, 11) is 0. The summed E-state index contributed by atoms with van der Waals surface area (Å²) in [5.41, 5.74) is 2.04. The third-order valence-electron chi connectivity index (χ3n) is 4.72. The van der Waals surface area contributed by atoms with Crippen LogP contribution in [0.1, 0.15) is 29.9 Å². The van der Waals surface area contributed by atoms with Crippen LogP contribution in [0.3, 0.4) is 0 Å². The van der Waals surface area contributed by atoms with Crippen molar-refractivity contribution < 1.29 is 9.50 Å². The Labute approximate surface area is 136 Å². The number of aliphatic hydroxyl groups is 1. The fourth-order valence-corrected chi connectivity index (χ4v) is 3.60. The summed E-state index contributed by atoms with van der Waals surface area (Å²) < 4.78 is 13.1. The lowest BCUT2D eigenvalue weighted by atomic mass is 9.75.